The zero-order valence-electron chi connectivity index (χ0n) is 11.6. The highest BCUT2D eigenvalue weighted by molar-refractivity contribution is 5.37. The SMILES string of the molecule is CCCCCCNCC(O)c1ccc(F)c([N+](=O)[O-])c1. The normalized spacial score (nSPS) is 12.3. The number of hydrogen-bond donors (Lipinski definition) is 2. The topological polar surface area (TPSA) is 75.4 Å². The highest BCUT2D eigenvalue weighted by Gasteiger charge is 2.17. The Kier molecular flexibility index (Phi) is 7.11. The molecule has 0 fully saturated rings. The predicted molar refractivity (Wildman–Crippen MR) is 75.0 cm³/mol. The lowest BCUT2D eigenvalue weighted by atomic mass is 10.1. The number of benzene rings is 1. The molecule has 0 bridgehead atoms. The maximum absolute atomic E-state index is 13.2. The molecule has 0 aromatic heterocycles. The molecule has 1 aromatic carbocycles. The van der Waals surface area contributed by atoms with Crippen molar-refractivity contribution >= 4 is 5.69 Å². The van der Waals surface area contributed by atoms with Crippen LogP contribution in [0, 0.1) is 15.9 Å². The number of hydrogen-bond acceptors (Lipinski definition) is 4. The number of nitrogens with one attached hydrogen (secondary N) is 1. The Morgan fingerprint density at radius 1 is 1.40 bits per heavy atom. The summed E-state index contributed by atoms with van der Waals surface area (Å²) in [4.78, 5) is 9.84. The number of nitro benzene ring substituents is 1. The highest BCUT2D eigenvalue weighted by atomic mass is 19.1. The summed E-state index contributed by atoms with van der Waals surface area (Å²) in [6.45, 7) is 3.23. The fourth-order valence-corrected chi connectivity index (χ4v) is 1.91. The molecular formula is C14H21FN2O3. The summed E-state index contributed by atoms with van der Waals surface area (Å²) in [5.74, 6) is -0.890. The molecule has 1 rings (SSSR count). The number of unbranched alkanes of at least 4 members (excludes halogenated alkanes) is 3. The van der Waals surface area contributed by atoms with Crippen molar-refractivity contribution in [3.05, 3.63) is 39.7 Å². The second-order valence-electron chi connectivity index (χ2n) is 4.75. The van der Waals surface area contributed by atoms with Gasteiger partial charge in [0.15, 0.2) is 0 Å². The van der Waals surface area contributed by atoms with E-state index in [1.54, 1.807) is 0 Å². The Labute approximate surface area is 118 Å². The van der Waals surface area contributed by atoms with Crippen molar-refractivity contribution in [2.24, 2.45) is 0 Å². The van der Waals surface area contributed by atoms with E-state index in [1.165, 1.54) is 18.9 Å². The first-order chi connectivity index (χ1) is 9.56. The van der Waals surface area contributed by atoms with E-state index >= 15 is 0 Å². The van der Waals surface area contributed by atoms with Crippen LogP contribution in [0.15, 0.2) is 18.2 Å². The summed E-state index contributed by atoms with van der Waals surface area (Å²) < 4.78 is 13.2. The zero-order chi connectivity index (χ0) is 15.0. The monoisotopic (exact) mass is 284 g/mol. The molecule has 0 amide bonds. The summed E-state index contributed by atoms with van der Waals surface area (Å²) >= 11 is 0. The van der Waals surface area contributed by atoms with Crippen LogP contribution in [0.3, 0.4) is 0 Å². The Morgan fingerprint density at radius 2 is 2.15 bits per heavy atom. The van der Waals surface area contributed by atoms with Crippen LogP contribution in [0.2, 0.25) is 0 Å². The molecule has 1 aromatic rings. The molecule has 0 heterocycles. The van der Waals surface area contributed by atoms with E-state index in [2.05, 4.69) is 12.2 Å². The molecule has 0 aliphatic heterocycles. The number of aliphatic hydroxyl groups excluding tert-OH is 1. The fourth-order valence-electron chi connectivity index (χ4n) is 1.91. The average Bonchev–Trinajstić information content (AvgIpc) is 2.42. The number of nitro groups is 1. The molecule has 0 aliphatic carbocycles. The number of nitrogens with zero attached hydrogens (tertiary/aromatic N) is 1. The second kappa shape index (κ2) is 8.60. The Morgan fingerprint density at radius 3 is 2.80 bits per heavy atom. The molecule has 0 saturated heterocycles. The molecule has 6 heteroatoms. The maximum atomic E-state index is 13.2. The van der Waals surface area contributed by atoms with Gasteiger partial charge in [-0.05, 0) is 24.6 Å². The van der Waals surface area contributed by atoms with Gasteiger partial charge in [0.05, 0.1) is 11.0 Å². The molecule has 20 heavy (non-hydrogen) atoms. The van der Waals surface area contributed by atoms with Gasteiger partial charge < -0.3 is 10.4 Å². The van der Waals surface area contributed by atoms with Gasteiger partial charge >= 0.3 is 5.69 Å². The summed E-state index contributed by atoms with van der Waals surface area (Å²) in [6.07, 6.45) is 3.66. The van der Waals surface area contributed by atoms with Crippen LogP contribution in [0.1, 0.15) is 44.3 Å². The van der Waals surface area contributed by atoms with Crippen LogP contribution in [0.5, 0.6) is 0 Å². The van der Waals surface area contributed by atoms with E-state index in [0.717, 1.165) is 31.5 Å². The van der Waals surface area contributed by atoms with E-state index < -0.39 is 22.5 Å². The fraction of sp³-hybridized carbons (Fsp3) is 0.571. The molecule has 1 unspecified atom stereocenters. The standard InChI is InChI=1S/C14H21FN2O3/c1-2-3-4-5-8-16-10-14(18)11-6-7-12(15)13(9-11)17(19)20/h6-7,9,14,16,18H,2-5,8,10H2,1H3. The van der Waals surface area contributed by atoms with Gasteiger partial charge in [0, 0.05) is 12.6 Å². The molecule has 5 nitrogen and oxygen atoms in total. The van der Waals surface area contributed by atoms with Gasteiger partial charge in [0.1, 0.15) is 0 Å². The van der Waals surface area contributed by atoms with Crippen molar-refractivity contribution < 1.29 is 14.4 Å². The molecule has 112 valence electrons. The van der Waals surface area contributed by atoms with Crippen molar-refractivity contribution in [1.82, 2.24) is 5.32 Å². The Balaban J connectivity index is 2.45. The van der Waals surface area contributed by atoms with Crippen LogP contribution >= 0.6 is 0 Å². The molecule has 1 atom stereocenters. The summed E-state index contributed by atoms with van der Waals surface area (Å²) in [5, 5.41) is 23.6. The molecule has 2 N–H and O–H groups in total. The average molecular weight is 284 g/mol. The quantitative estimate of drug-likeness (QED) is 0.415. The van der Waals surface area contributed by atoms with Crippen molar-refractivity contribution in [1.29, 1.82) is 0 Å². The lowest BCUT2D eigenvalue weighted by molar-refractivity contribution is -0.387. The van der Waals surface area contributed by atoms with E-state index in [4.69, 9.17) is 0 Å². The van der Waals surface area contributed by atoms with Gasteiger partial charge in [0.2, 0.25) is 5.82 Å². The molecular weight excluding hydrogens is 263 g/mol. The van der Waals surface area contributed by atoms with Crippen LogP contribution in [0.25, 0.3) is 0 Å². The predicted octanol–water partition coefficient (Wildman–Crippen LogP) is 2.94. The third kappa shape index (κ3) is 5.22. The maximum Gasteiger partial charge on any atom is 0.305 e. The first-order valence-corrected chi connectivity index (χ1v) is 6.89. The minimum Gasteiger partial charge on any atom is -0.387 e. The minimum atomic E-state index is -0.890. The smallest absolute Gasteiger partial charge is 0.305 e. The molecule has 0 aliphatic rings. The van der Waals surface area contributed by atoms with Crippen LogP contribution in [-0.2, 0) is 0 Å². The van der Waals surface area contributed by atoms with Crippen molar-refractivity contribution in [2.45, 2.75) is 38.7 Å². The first kappa shape index (κ1) is 16.5. The van der Waals surface area contributed by atoms with Crippen molar-refractivity contribution in [2.75, 3.05) is 13.1 Å². The summed E-state index contributed by atoms with van der Waals surface area (Å²) in [6, 6.07) is 3.46. The lowest BCUT2D eigenvalue weighted by Gasteiger charge is -2.12. The van der Waals surface area contributed by atoms with Crippen LogP contribution in [0.4, 0.5) is 10.1 Å². The number of rotatable bonds is 9. The summed E-state index contributed by atoms with van der Waals surface area (Å²) in [5.41, 5.74) is -0.261. The van der Waals surface area contributed by atoms with Gasteiger partial charge in [0.25, 0.3) is 0 Å². The van der Waals surface area contributed by atoms with Crippen molar-refractivity contribution in [3.8, 4) is 0 Å². The zero-order valence-corrected chi connectivity index (χ0v) is 11.6. The van der Waals surface area contributed by atoms with Gasteiger partial charge in [-0.3, -0.25) is 10.1 Å². The van der Waals surface area contributed by atoms with E-state index in [0.29, 0.717) is 12.1 Å². The van der Waals surface area contributed by atoms with Gasteiger partial charge in [-0.25, -0.2) is 0 Å². The van der Waals surface area contributed by atoms with E-state index in [9.17, 15) is 19.6 Å². The third-order valence-electron chi connectivity index (χ3n) is 3.10. The molecule has 0 radical (unpaired) electrons. The Hall–Kier alpha value is -1.53. The summed E-state index contributed by atoms with van der Waals surface area (Å²) in [7, 11) is 0. The van der Waals surface area contributed by atoms with Crippen molar-refractivity contribution in [3.63, 3.8) is 0 Å². The van der Waals surface area contributed by atoms with Gasteiger partial charge in [-0.2, -0.15) is 4.39 Å². The highest BCUT2D eigenvalue weighted by Crippen LogP contribution is 2.22. The second-order valence-corrected chi connectivity index (χ2v) is 4.75. The van der Waals surface area contributed by atoms with Crippen LogP contribution < -0.4 is 5.32 Å². The largest absolute Gasteiger partial charge is 0.387 e. The Bertz CT molecular complexity index is 440. The molecule has 0 spiro atoms. The molecule has 0 saturated carbocycles. The number of halogens is 1. The van der Waals surface area contributed by atoms with Crippen LogP contribution in [-0.4, -0.2) is 23.1 Å². The van der Waals surface area contributed by atoms with E-state index in [-0.39, 0.29) is 0 Å². The minimum absolute atomic E-state index is 0.301. The third-order valence-corrected chi connectivity index (χ3v) is 3.10. The van der Waals surface area contributed by atoms with Gasteiger partial charge in [-0.1, -0.05) is 32.3 Å². The van der Waals surface area contributed by atoms with E-state index in [1.807, 2.05) is 0 Å². The lowest BCUT2D eigenvalue weighted by Crippen LogP contribution is -2.22. The first-order valence-electron chi connectivity index (χ1n) is 6.89. The number of aliphatic hydroxyl groups is 1. The van der Waals surface area contributed by atoms with Gasteiger partial charge in [-0.15, -0.1) is 0 Å².